The lowest BCUT2D eigenvalue weighted by Gasteiger charge is -2.07. The van der Waals surface area contributed by atoms with Crippen molar-refractivity contribution in [2.75, 3.05) is 11.9 Å². The number of aromatic nitrogens is 1. The van der Waals surface area contributed by atoms with Gasteiger partial charge >= 0.3 is 0 Å². The highest BCUT2D eigenvalue weighted by molar-refractivity contribution is 5.90. The summed E-state index contributed by atoms with van der Waals surface area (Å²) in [7, 11) is 0. The van der Waals surface area contributed by atoms with Gasteiger partial charge in [0, 0.05) is 23.8 Å². The first kappa shape index (κ1) is 9.71. The van der Waals surface area contributed by atoms with Crippen molar-refractivity contribution in [1.29, 1.82) is 0 Å². The van der Waals surface area contributed by atoms with E-state index in [2.05, 4.69) is 22.9 Å². The maximum absolute atomic E-state index is 4.31. The summed E-state index contributed by atoms with van der Waals surface area (Å²) in [5.41, 5.74) is 2.17. The van der Waals surface area contributed by atoms with Crippen LogP contribution in [0.4, 0.5) is 5.69 Å². The zero-order chi connectivity index (χ0) is 10.5. The minimum Gasteiger partial charge on any atom is -0.384 e. The molecule has 0 fully saturated rings. The number of pyridine rings is 1. The highest BCUT2D eigenvalue weighted by Crippen LogP contribution is 2.20. The lowest BCUT2D eigenvalue weighted by molar-refractivity contribution is 1.07. The van der Waals surface area contributed by atoms with Gasteiger partial charge in [0.1, 0.15) is 0 Å². The molecule has 2 aromatic rings. The van der Waals surface area contributed by atoms with Gasteiger partial charge in [-0.3, -0.25) is 4.98 Å². The predicted molar refractivity (Wildman–Crippen MR) is 65.0 cm³/mol. The molecule has 0 radical (unpaired) electrons. The largest absolute Gasteiger partial charge is 0.384 e. The summed E-state index contributed by atoms with van der Waals surface area (Å²) in [6, 6.07) is 10.1. The van der Waals surface area contributed by atoms with Crippen LogP contribution in [-0.2, 0) is 0 Å². The third-order valence-corrected chi connectivity index (χ3v) is 2.31. The third-order valence-electron chi connectivity index (χ3n) is 2.31. The molecule has 0 amide bonds. The van der Waals surface area contributed by atoms with Crippen molar-refractivity contribution in [3.63, 3.8) is 0 Å². The summed E-state index contributed by atoms with van der Waals surface area (Å²) >= 11 is 0. The van der Waals surface area contributed by atoms with Crippen molar-refractivity contribution in [2.24, 2.45) is 0 Å². The number of anilines is 1. The first-order valence-electron chi connectivity index (χ1n) is 5.10. The summed E-state index contributed by atoms with van der Waals surface area (Å²) in [4.78, 5) is 4.31. The standard InChI is InChI=1S/C13H14N2/c1-2-3-9-14-13-8-10-15-12-7-5-4-6-11(12)13/h2,4-8,10H,1,3,9H2,(H,14,15). The molecule has 0 spiro atoms. The molecule has 0 atom stereocenters. The molecule has 2 rings (SSSR count). The van der Waals surface area contributed by atoms with E-state index in [0.717, 1.165) is 24.2 Å². The summed E-state index contributed by atoms with van der Waals surface area (Å²) in [6.07, 6.45) is 4.71. The van der Waals surface area contributed by atoms with Gasteiger partial charge in [-0.2, -0.15) is 0 Å². The molecule has 2 heteroatoms. The van der Waals surface area contributed by atoms with E-state index in [1.54, 1.807) is 0 Å². The van der Waals surface area contributed by atoms with E-state index in [0.29, 0.717) is 0 Å². The highest BCUT2D eigenvalue weighted by atomic mass is 14.9. The summed E-state index contributed by atoms with van der Waals surface area (Å²) in [5, 5.41) is 4.55. The third kappa shape index (κ3) is 2.15. The van der Waals surface area contributed by atoms with Crippen LogP contribution in [0, 0.1) is 0 Å². The molecule has 0 saturated heterocycles. The Morgan fingerprint density at radius 3 is 3.00 bits per heavy atom. The second-order valence-corrected chi connectivity index (χ2v) is 3.38. The summed E-state index contributed by atoms with van der Waals surface area (Å²) in [5.74, 6) is 0. The Hall–Kier alpha value is -1.83. The Bertz CT molecular complexity index is 458. The van der Waals surface area contributed by atoms with Crippen molar-refractivity contribution in [3.8, 4) is 0 Å². The second-order valence-electron chi connectivity index (χ2n) is 3.38. The molecule has 0 aliphatic heterocycles. The minimum atomic E-state index is 0.914. The number of fused-ring (bicyclic) bond motifs is 1. The molecule has 15 heavy (non-hydrogen) atoms. The molecule has 0 aliphatic rings. The fourth-order valence-corrected chi connectivity index (χ4v) is 1.56. The fraction of sp³-hybridized carbons (Fsp3) is 0.154. The number of hydrogen-bond acceptors (Lipinski definition) is 2. The number of rotatable bonds is 4. The van der Waals surface area contributed by atoms with Crippen LogP contribution in [0.3, 0.4) is 0 Å². The van der Waals surface area contributed by atoms with Gasteiger partial charge in [0.05, 0.1) is 5.52 Å². The molecule has 1 N–H and O–H groups in total. The van der Waals surface area contributed by atoms with E-state index in [9.17, 15) is 0 Å². The lowest BCUT2D eigenvalue weighted by Crippen LogP contribution is -2.00. The van der Waals surface area contributed by atoms with Crippen LogP contribution < -0.4 is 5.32 Å². The van der Waals surface area contributed by atoms with E-state index >= 15 is 0 Å². The van der Waals surface area contributed by atoms with E-state index in [1.807, 2.05) is 36.5 Å². The lowest BCUT2D eigenvalue weighted by atomic mass is 10.2. The predicted octanol–water partition coefficient (Wildman–Crippen LogP) is 3.22. The van der Waals surface area contributed by atoms with Crippen molar-refractivity contribution in [2.45, 2.75) is 6.42 Å². The number of para-hydroxylation sites is 1. The molecule has 76 valence electrons. The van der Waals surface area contributed by atoms with Crippen LogP contribution in [0.25, 0.3) is 10.9 Å². The van der Waals surface area contributed by atoms with Gasteiger partial charge in [-0.25, -0.2) is 0 Å². The monoisotopic (exact) mass is 198 g/mol. The van der Waals surface area contributed by atoms with Gasteiger partial charge in [0.2, 0.25) is 0 Å². The average molecular weight is 198 g/mol. The van der Waals surface area contributed by atoms with Crippen molar-refractivity contribution >= 4 is 16.6 Å². The first-order chi connectivity index (χ1) is 7.42. The Balaban J connectivity index is 2.30. The van der Waals surface area contributed by atoms with Crippen LogP contribution in [0.1, 0.15) is 6.42 Å². The summed E-state index contributed by atoms with van der Waals surface area (Å²) < 4.78 is 0. The highest BCUT2D eigenvalue weighted by Gasteiger charge is 1.98. The molecule has 0 unspecified atom stereocenters. The molecular formula is C13H14N2. The Kier molecular flexibility index (Phi) is 2.98. The number of nitrogens with one attached hydrogen (secondary N) is 1. The Labute approximate surface area is 89.7 Å². The number of nitrogens with zero attached hydrogens (tertiary/aromatic N) is 1. The Morgan fingerprint density at radius 2 is 2.13 bits per heavy atom. The van der Waals surface area contributed by atoms with Gasteiger partial charge in [-0.15, -0.1) is 6.58 Å². The number of benzene rings is 1. The zero-order valence-electron chi connectivity index (χ0n) is 8.61. The minimum absolute atomic E-state index is 0.914. The molecule has 1 aromatic carbocycles. The molecule has 0 saturated carbocycles. The smallest absolute Gasteiger partial charge is 0.0722 e. The van der Waals surface area contributed by atoms with Crippen LogP contribution in [-0.4, -0.2) is 11.5 Å². The molecular weight excluding hydrogens is 184 g/mol. The van der Waals surface area contributed by atoms with Gasteiger partial charge in [-0.05, 0) is 18.6 Å². The molecule has 0 bridgehead atoms. The van der Waals surface area contributed by atoms with Gasteiger partial charge < -0.3 is 5.32 Å². The van der Waals surface area contributed by atoms with Crippen molar-refractivity contribution in [1.82, 2.24) is 4.98 Å². The van der Waals surface area contributed by atoms with Crippen LogP contribution >= 0.6 is 0 Å². The van der Waals surface area contributed by atoms with Crippen LogP contribution in [0.2, 0.25) is 0 Å². The summed E-state index contributed by atoms with van der Waals surface area (Å²) in [6.45, 7) is 4.62. The maximum Gasteiger partial charge on any atom is 0.0722 e. The quantitative estimate of drug-likeness (QED) is 0.602. The molecule has 1 aromatic heterocycles. The van der Waals surface area contributed by atoms with Crippen LogP contribution in [0.5, 0.6) is 0 Å². The Morgan fingerprint density at radius 1 is 1.27 bits per heavy atom. The molecule has 0 aliphatic carbocycles. The van der Waals surface area contributed by atoms with E-state index in [-0.39, 0.29) is 0 Å². The second kappa shape index (κ2) is 4.60. The van der Waals surface area contributed by atoms with Crippen molar-refractivity contribution in [3.05, 3.63) is 49.2 Å². The molecule has 2 nitrogen and oxygen atoms in total. The first-order valence-corrected chi connectivity index (χ1v) is 5.10. The van der Waals surface area contributed by atoms with E-state index < -0.39 is 0 Å². The SMILES string of the molecule is C=CCCNc1ccnc2ccccc12. The normalized spacial score (nSPS) is 10.1. The van der Waals surface area contributed by atoms with E-state index in [1.165, 1.54) is 5.39 Å². The van der Waals surface area contributed by atoms with Gasteiger partial charge in [-0.1, -0.05) is 24.3 Å². The molecule has 1 heterocycles. The maximum atomic E-state index is 4.31. The van der Waals surface area contributed by atoms with Crippen LogP contribution in [0.15, 0.2) is 49.2 Å². The zero-order valence-corrected chi connectivity index (χ0v) is 8.61. The van der Waals surface area contributed by atoms with Crippen molar-refractivity contribution < 1.29 is 0 Å². The topological polar surface area (TPSA) is 24.9 Å². The van der Waals surface area contributed by atoms with Gasteiger partial charge in [0.15, 0.2) is 0 Å². The van der Waals surface area contributed by atoms with Gasteiger partial charge in [0.25, 0.3) is 0 Å². The fourth-order valence-electron chi connectivity index (χ4n) is 1.56. The van der Waals surface area contributed by atoms with E-state index in [4.69, 9.17) is 0 Å². The number of hydrogen-bond donors (Lipinski definition) is 1. The average Bonchev–Trinajstić information content (AvgIpc) is 2.30.